The molecule has 2 heterocycles. The third-order valence-electron chi connectivity index (χ3n) is 5.87. The van der Waals surface area contributed by atoms with Crippen LogP contribution < -0.4 is 14.4 Å². The normalized spacial score (nSPS) is 14.2. The molecule has 1 aliphatic heterocycles. The van der Waals surface area contributed by atoms with Gasteiger partial charge in [0.15, 0.2) is 11.5 Å². The second kappa shape index (κ2) is 9.77. The number of methoxy groups -OCH3 is 1. The van der Waals surface area contributed by atoms with E-state index >= 15 is 0 Å². The maximum atomic E-state index is 13.2. The first-order chi connectivity index (χ1) is 15.6. The Morgan fingerprint density at radius 1 is 1.03 bits per heavy atom. The van der Waals surface area contributed by atoms with Gasteiger partial charge in [-0.25, -0.2) is 0 Å². The second-order valence-corrected chi connectivity index (χ2v) is 7.93. The second-order valence-electron chi connectivity index (χ2n) is 7.93. The lowest BCUT2D eigenvalue weighted by Crippen LogP contribution is -2.35. The largest absolute Gasteiger partial charge is 0.493 e. The van der Waals surface area contributed by atoms with Crippen LogP contribution in [0.15, 0.2) is 53.1 Å². The molecule has 0 saturated carbocycles. The van der Waals surface area contributed by atoms with Crippen LogP contribution in [0.25, 0.3) is 0 Å². The Hall–Kier alpha value is -3.48. The summed E-state index contributed by atoms with van der Waals surface area (Å²) in [5.74, 6) is 1.85. The third kappa shape index (κ3) is 4.72. The van der Waals surface area contributed by atoms with Crippen molar-refractivity contribution >= 4 is 11.6 Å². The van der Waals surface area contributed by atoms with Crippen molar-refractivity contribution in [3.8, 4) is 11.5 Å². The summed E-state index contributed by atoms with van der Waals surface area (Å²) in [6, 6.07) is 15.7. The topological polar surface area (TPSA) is 68.0 Å². The van der Waals surface area contributed by atoms with Gasteiger partial charge in [-0.3, -0.25) is 4.79 Å². The van der Waals surface area contributed by atoms with Crippen LogP contribution in [0, 0.1) is 13.8 Å². The van der Waals surface area contributed by atoms with Gasteiger partial charge < -0.3 is 23.8 Å². The van der Waals surface area contributed by atoms with Gasteiger partial charge >= 0.3 is 0 Å². The number of nitrogens with zero attached hydrogens (tertiary/aromatic N) is 3. The van der Waals surface area contributed by atoms with Gasteiger partial charge in [0.05, 0.1) is 18.4 Å². The van der Waals surface area contributed by atoms with Gasteiger partial charge in [0.1, 0.15) is 12.4 Å². The average Bonchev–Trinajstić information content (AvgIpc) is 3.01. The molecule has 3 aromatic rings. The molecule has 0 unspecified atom stereocenters. The molecular weight excluding hydrogens is 406 g/mol. The van der Waals surface area contributed by atoms with Crippen molar-refractivity contribution < 1.29 is 18.8 Å². The minimum absolute atomic E-state index is 0.00971. The number of carbonyl (C=O) groups excluding carboxylic acids is 1. The summed E-state index contributed by atoms with van der Waals surface area (Å²) < 4.78 is 16.6. The number of rotatable bonds is 6. The molecule has 1 amide bonds. The number of amides is 1. The number of hydrogen-bond acceptors (Lipinski definition) is 6. The molecule has 0 radical (unpaired) electrons. The van der Waals surface area contributed by atoms with E-state index in [1.165, 1.54) is 5.69 Å². The van der Waals surface area contributed by atoms with Crippen LogP contribution in [0.2, 0.25) is 0 Å². The zero-order valence-corrected chi connectivity index (χ0v) is 18.8. The lowest BCUT2D eigenvalue weighted by Gasteiger charge is -2.24. The molecule has 0 aliphatic carbocycles. The Morgan fingerprint density at radius 2 is 1.84 bits per heavy atom. The fourth-order valence-corrected chi connectivity index (χ4v) is 3.98. The van der Waals surface area contributed by atoms with Crippen molar-refractivity contribution in [2.75, 3.05) is 38.2 Å². The van der Waals surface area contributed by atoms with Crippen molar-refractivity contribution in [3.63, 3.8) is 0 Å². The summed E-state index contributed by atoms with van der Waals surface area (Å²) in [5.41, 5.74) is 3.52. The summed E-state index contributed by atoms with van der Waals surface area (Å²) in [4.78, 5) is 17.5. The minimum Gasteiger partial charge on any atom is -0.493 e. The highest BCUT2D eigenvalue weighted by molar-refractivity contribution is 5.95. The van der Waals surface area contributed by atoms with Crippen molar-refractivity contribution in [2.45, 2.75) is 26.9 Å². The van der Waals surface area contributed by atoms with E-state index in [0.29, 0.717) is 30.2 Å². The smallest absolute Gasteiger partial charge is 0.254 e. The predicted molar refractivity (Wildman–Crippen MR) is 122 cm³/mol. The molecule has 0 bridgehead atoms. The molecule has 168 valence electrons. The van der Waals surface area contributed by atoms with Crippen LogP contribution in [0.4, 0.5) is 5.69 Å². The molecule has 0 N–H and O–H groups in total. The van der Waals surface area contributed by atoms with E-state index in [4.69, 9.17) is 14.0 Å². The minimum atomic E-state index is 0.00971. The molecule has 7 heteroatoms. The summed E-state index contributed by atoms with van der Waals surface area (Å²) in [6.45, 7) is 7.23. The van der Waals surface area contributed by atoms with Crippen LogP contribution in [0.1, 0.15) is 33.8 Å². The molecule has 1 aliphatic rings. The number of hydrogen-bond donors (Lipinski definition) is 0. The summed E-state index contributed by atoms with van der Waals surface area (Å²) in [6.07, 6.45) is 0.927. The molecular formula is C25H29N3O4. The highest BCUT2D eigenvalue weighted by Crippen LogP contribution is 2.30. The van der Waals surface area contributed by atoms with E-state index < -0.39 is 0 Å². The SMILES string of the molecule is COc1cc(C(=O)N2CCCN(c3ccccc3)CC2)ccc1OCc1c(C)noc1C. The molecule has 2 aromatic carbocycles. The van der Waals surface area contributed by atoms with E-state index in [0.717, 1.165) is 43.1 Å². The molecule has 32 heavy (non-hydrogen) atoms. The Kier molecular flexibility index (Phi) is 6.63. The summed E-state index contributed by atoms with van der Waals surface area (Å²) >= 11 is 0. The van der Waals surface area contributed by atoms with Gasteiger partial charge in [-0.1, -0.05) is 23.4 Å². The van der Waals surface area contributed by atoms with E-state index in [2.05, 4.69) is 22.2 Å². The number of anilines is 1. The van der Waals surface area contributed by atoms with Crippen LogP contribution in [-0.2, 0) is 6.61 Å². The fourth-order valence-electron chi connectivity index (χ4n) is 3.98. The highest BCUT2D eigenvalue weighted by Gasteiger charge is 2.22. The number of aryl methyl sites for hydroxylation is 2. The lowest BCUT2D eigenvalue weighted by atomic mass is 10.1. The van der Waals surface area contributed by atoms with Gasteiger partial charge in [-0.2, -0.15) is 0 Å². The van der Waals surface area contributed by atoms with Crippen molar-refractivity contribution in [3.05, 3.63) is 71.1 Å². The number of para-hydroxylation sites is 1. The summed E-state index contributed by atoms with van der Waals surface area (Å²) in [7, 11) is 1.58. The first kappa shape index (κ1) is 21.7. The number of ether oxygens (including phenoxy) is 2. The van der Waals surface area contributed by atoms with Gasteiger partial charge in [0, 0.05) is 37.4 Å². The summed E-state index contributed by atoms with van der Waals surface area (Å²) in [5, 5.41) is 3.95. The standard InChI is InChI=1S/C25H29N3O4/c1-18-22(19(2)32-26-18)17-31-23-11-10-20(16-24(23)30-3)25(29)28-13-7-12-27(14-15-28)21-8-5-4-6-9-21/h4-6,8-11,16H,7,12-15,17H2,1-3H3. The molecule has 1 aromatic heterocycles. The quantitative estimate of drug-likeness (QED) is 0.577. The Labute approximate surface area is 188 Å². The molecule has 7 nitrogen and oxygen atoms in total. The maximum Gasteiger partial charge on any atom is 0.254 e. The zero-order chi connectivity index (χ0) is 22.5. The molecule has 0 atom stereocenters. The Morgan fingerprint density at radius 3 is 2.56 bits per heavy atom. The van der Waals surface area contributed by atoms with Crippen LogP contribution in [-0.4, -0.2) is 49.3 Å². The third-order valence-corrected chi connectivity index (χ3v) is 5.87. The number of carbonyl (C=O) groups is 1. The van der Waals surface area contributed by atoms with Crippen LogP contribution in [0.3, 0.4) is 0 Å². The Bertz CT molecular complexity index is 1040. The van der Waals surface area contributed by atoms with E-state index in [-0.39, 0.29) is 5.91 Å². The molecule has 4 rings (SSSR count). The number of aromatic nitrogens is 1. The van der Waals surface area contributed by atoms with E-state index in [1.54, 1.807) is 25.3 Å². The van der Waals surface area contributed by atoms with Gasteiger partial charge in [-0.15, -0.1) is 0 Å². The van der Waals surface area contributed by atoms with E-state index in [9.17, 15) is 4.79 Å². The predicted octanol–water partition coefficient (Wildman–Crippen LogP) is 4.23. The molecule has 0 spiro atoms. The van der Waals surface area contributed by atoms with Crippen LogP contribution in [0.5, 0.6) is 11.5 Å². The Balaban J connectivity index is 1.43. The first-order valence-electron chi connectivity index (χ1n) is 10.9. The van der Waals surface area contributed by atoms with Crippen molar-refractivity contribution in [1.29, 1.82) is 0 Å². The fraction of sp³-hybridized carbons (Fsp3) is 0.360. The molecule has 1 fully saturated rings. The lowest BCUT2D eigenvalue weighted by molar-refractivity contribution is 0.0766. The van der Waals surface area contributed by atoms with Gasteiger partial charge in [0.25, 0.3) is 5.91 Å². The first-order valence-corrected chi connectivity index (χ1v) is 10.9. The highest BCUT2D eigenvalue weighted by atomic mass is 16.5. The van der Waals surface area contributed by atoms with Crippen molar-refractivity contribution in [1.82, 2.24) is 10.1 Å². The number of benzene rings is 2. The maximum absolute atomic E-state index is 13.2. The average molecular weight is 436 g/mol. The van der Waals surface area contributed by atoms with Gasteiger partial charge in [0.2, 0.25) is 0 Å². The van der Waals surface area contributed by atoms with Gasteiger partial charge in [-0.05, 0) is 50.6 Å². The van der Waals surface area contributed by atoms with E-state index in [1.807, 2.05) is 36.9 Å². The zero-order valence-electron chi connectivity index (χ0n) is 18.8. The monoisotopic (exact) mass is 435 g/mol. The van der Waals surface area contributed by atoms with Crippen molar-refractivity contribution in [2.24, 2.45) is 0 Å². The van der Waals surface area contributed by atoms with Crippen LogP contribution >= 0.6 is 0 Å². The molecule has 1 saturated heterocycles.